The number of primary amides is 2. The third-order valence-corrected chi connectivity index (χ3v) is 28.8. The van der Waals surface area contributed by atoms with Gasteiger partial charge in [-0.3, -0.25) is 71.9 Å². The summed E-state index contributed by atoms with van der Waals surface area (Å²) in [5.74, 6) is -12.6. The molecule has 42 heteroatoms. The van der Waals surface area contributed by atoms with Gasteiger partial charge in [0.05, 0.1) is 18.1 Å². The van der Waals surface area contributed by atoms with Gasteiger partial charge in [-0.2, -0.15) is 26.3 Å². The first kappa shape index (κ1) is 114. The van der Waals surface area contributed by atoms with Crippen LogP contribution in [0.3, 0.4) is 0 Å². The zero-order valence-corrected chi connectivity index (χ0v) is 84.3. The highest BCUT2D eigenvalue weighted by Crippen LogP contribution is 2.67. The van der Waals surface area contributed by atoms with Crippen molar-refractivity contribution in [3.8, 4) is 0 Å². The third-order valence-electron chi connectivity index (χ3n) is 28.8. The maximum Gasteiger partial charge on any atom is 0.389 e. The van der Waals surface area contributed by atoms with Crippen molar-refractivity contribution in [1.82, 2.24) is 83.0 Å². The Labute approximate surface area is 800 Å². The second-order valence-electron chi connectivity index (χ2n) is 45.9. The highest BCUT2D eigenvalue weighted by Gasteiger charge is 2.73. The van der Waals surface area contributed by atoms with E-state index in [0.717, 1.165) is 38.5 Å². The molecule has 9 fully saturated rings. The smallest absolute Gasteiger partial charge is 0.363 e. The van der Waals surface area contributed by atoms with Gasteiger partial charge in [-0.15, -0.1) is 6.58 Å². The first-order valence-corrected chi connectivity index (χ1v) is 47.8. The second kappa shape index (κ2) is 43.7. The van der Waals surface area contributed by atoms with Crippen molar-refractivity contribution >= 4 is 106 Å². The molecule has 0 aromatic heterocycles. The Balaban J connectivity index is 0.000000280. The summed E-state index contributed by atoms with van der Waals surface area (Å²) in [6.07, 6.45) is -6.56. The number of nitrogens with zero attached hydrogens (tertiary/aromatic N) is 5. The van der Waals surface area contributed by atoms with E-state index in [2.05, 4.69) is 65.1 Å². The number of carbonyl (C=O) groups excluding carboxylic acids is 18. The normalized spacial score (nSPS) is 24.0. The van der Waals surface area contributed by atoms with Crippen molar-refractivity contribution in [1.29, 1.82) is 0 Å². The van der Waals surface area contributed by atoms with Crippen LogP contribution in [0.5, 0.6) is 0 Å². The van der Waals surface area contributed by atoms with E-state index < -0.39 is 221 Å². The summed E-state index contributed by atoms with van der Waals surface area (Å²) in [5.41, 5.74) is 6.26. The summed E-state index contributed by atoms with van der Waals surface area (Å²) >= 11 is 0. The average Bonchev–Trinajstić information content (AvgIpc) is 1.53. The van der Waals surface area contributed by atoms with Gasteiger partial charge in [-0.05, 0) is 156 Å². The molecule has 772 valence electrons. The lowest BCUT2D eigenvalue weighted by Gasteiger charge is -2.39. The maximum atomic E-state index is 14.2. The van der Waals surface area contributed by atoms with E-state index in [0.29, 0.717) is 38.5 Å². The Morgan fingerprint density at radius 1 is 0.431 bits per heavy atom. The first-order valence-electron chi connectivity index (χ1n) is 47.8. The van der Waals surface area contributed by atoms with Gasteiger partial charge in [0.25, 0.3) is 17.7 Å². The molecule has 0 radical (unpaired) electrons. The van der Waals surface area contributed by atoms with Crippen LogP contribution in [-0.4, -0.2) is 275 Å². The van der Waals surface area contributed by atoms with Crippen LogP contribution < -0.4 is 70.0 Å². The highest BCUT2D eigenvalue weighted by atomic mass is 19.4. The SMILES string of the molecule is C=CCNC(=O)C(=O)C(CCC(F)(F)F)NC(=O)[C@@H]1[C@@H]2[C@H](CN1C(=O)[C@@H](NC(=O)N[C@H](C(=O)N(C)C(C)C)C(C)C)C(C)(C)C)C2(C)C.CC(C)(C)[C@H](NC(=O)N[C@H](C(=O)N1C[C@H]2[C@@H]([C@H]1C(=O)NC(CCC(F)(F)F)C(=O)C(N)=O)C2(C)C)C(C)(C)C)C(=O)N1CCCC1.CC(C)[C@H](NC(=O)N[C@H](C(=O)N1C[C@H]2[C@@H]([C@H]1C(=O)NC(CC1CC1)C(=O)C(N)=O)C2(C)C)C(C)(C)C)C(=O)NCC1CC1. The van der Waals surface area contributed by atoms with Gasteiger partial charge < -0.3 is 94.5 Å². The van der Waals surface area contributed by atoms with Gasteiger partial charge in [0.1, 0.15) is 54.4 Å². The number of fused-ring (bicyclic) bond motifs is 3. The van der Waals surface area contributed by atoms with Crippen LogP contribution in [0.25, 0.3) is 0 Å². The molecule has 4 saturated heterocycles. The summed E-state index contributed by atoms with van der Waals surface area (Å²) in [7, 11) is 1.63. The fourth-order valence-corrected chi connectivity index (χ4v) is 19.4. The molecule has 0 spiro atoms. The molecule has 4 heterocycles. The number of likely N-dealkylation sites (N-methyl/N-ethyl adjacent to an activating group) is 1. The molecule has 36 nitrogen and oxygen atoms in total. The Morgan fingerprint density at radius 2 is 0.745 bits per heavy atom. The fourth-order valence-electron chi connectivity index (χ4n) is 19.4. The second-order valence-corrected chi connectivity index (χ2v) is 45.9. The molecule has 0 aromatic rings. The minimum Gasteiger partial charge on any atom is -0.363 e. The zero-order valence-electron chi connectivity index (χ0n) is 84.3. The molecule has 15 N–H and O–H groups in total. The molecular weight excluding hydrogens is 1800 g/mol. The van der Waals surface area contributed by atoms with E-state index in [1.165, 1.54) is 25.7 Å². The van der Waals surface area contributed by atoms with Crippen molar-refractivity contribution in [3.63, 3.8) is 0 Å². The highest BCUT2D eigenvalue weighted by molar-refractivity contribution is 6.39. The van der Waals surface area contributed by atoms with Gasteiger partial charge in [0.15, 0.2) is 0 Å². The number of alkyl halides is 6. The topological polar surface area (TPSA) is 508 Å². The Hall–Kier alpha value is -10.2. The molecule has 5 saturated carbocycles. The molecule has 5 aliphatic carbocycles. The number of carbonyl (C=O) groups is 18. The molecular formula is C95H152F6N18O18. The Kier molecular flexibility index (Phi) is 36.3. The Bertz CT molecular complexity index is 4530. The number of urea groups is 3. The van der Waals surface area contributed by atoms with Crippen LogP contribution in [0.2, 0.25) is 0 Å². The number of ketones is 3. The largest absolute Gasteiger partial charge is 0.389 e. The van der Waals surface area contributed by atoms with Crippen LogP contribution in [0, 0.1) is 97.1 Å². The summed E-state index contributed by atoms with van der Waals surface area (Å²) in [5, 5.41) is 28.9. The molecule has 3 unspecified atom stereocenters. The van der Waals surface area contributed by atoms with E-state index in [1.54, 1.807) is 67.3 Å². The number of Topliss-reactive ketones (excluding diaryl/α,β-unsaturated/α-hetero) is 3. The molecule has 18 atom stereocenters. The van der Waals surface area contributed by atoms with Crippen LogP contribution in [-0.2, 0) is 71.9 Å². The maximum absolute atomic E-state index is 14.2. The minimum absolute atomic E-state index is 0.0795. The average molecular weight is 1950 g/mol. The minimum atomic E-state index is -4.66. The van der Waals surface area contributed by atoms with Gasteiger partial charge in [-0.25, -0.2) is 14.4 Å². The number of hydrogen-bond acceptors (Lipinski definition) is 18. The quantitative estimate of drug-likeness (QED) is 0.0194. The number of piperidine rings is 3. The van der Waals surface area contributed by atoms with E-state index >= 15 is 0 Å². The van der Waals surface area contributed by atoms with Gasteiger partial charge in [-0.1, -0.05) is 171 Å². The standard InChI is InChI=1S/C33H53F3N6O6.C31H49F3N6O6.C31H50N6O6/c1-12-15-37-27(45)24(43)20(13-14-33(34,35)36)38-26(44)23-21-19(32(21,9)10)16-42(23)29(47)25(31(6,7)8)40-30(48)39-22(17(2)3)28(46)41(11)18(4)5;1-28(2,3)21(25(44)39-13-9-10-14-39)37-27(46)38-22(29(4,5)6)26(45)40-15-16-18(30(16,7)8)19(40)24(43)36-17(20(41)23(35)42)11-12-31(32,33)34;1-15(2)21(26(40)33-13-17-10-11-17)35-29(43)36-24(30(3,4)5)28(42)37-14-18-20(31(18,6)7)22(37)27(41)34-19(12-16-8-9-16)23(38)25(32)39/h12,17-23,25H,1,13-16H2,2-11H3,(H,37,45)(H,38,44)(H2,39,40,48);16-19,21-22H,9-15H2,1-8H3,(H2,35,42)(H,36,43)(H2,37,38,46);15-22,24H,8-14H2,1-7H3,(H2,32,39)(H,33,40)(H,34,41)(H2,35,36,43)/t19-,20?,21-,22-,23-,25+;16-,17?,18-,19-,21+,22+;18-,19?,20-,21-,22-,24+/m000/s1. The molecule has 18 amide bonds. The third kappa shape index (κ3) is 29.0. The predicted octanol–water partition coefficient (Wildman–Crippen LogP) is 5.95. The number of nitrogens with two attached hydrogens (primary N) is 2. The van der Waals surface area contributed by atoms with E-state index in [-0.39, 0.29) is 113 Å². The van der Waals surface area contributed by atoms with Crippen molar-refractivity contribution in [3.05, 3.63) is 12.7 Å². The van der Waals surface area contributed by atoms with Crippen LogP contribution >= 0.6 is 0 Å². The number of nitrogens with one attached hydrogen (secondary N) is 11. The molecule has 4 aliphatic heterocycles. The summed E-state index contributed by atoms with van der Waals surface area (Å²) in [6, 6.07) is -16.0. The molecule has 9 aliphatic rings. The predicted molar refractivity (Wildman–Crippen MR) is 494 cm³/mol. The van der Waals surface area contributed by atoms with Crippen LogP contribution in [0.1, 0.15) is 237 Å². The molecule has 0 bridgehead atoms. The van der Waals surface area contributed by atoms with E-state index in [9.17, 15) is 113 Å². The Morgan fingerprint density at radius 3 is 1.05 bits per heavy atom. The van der Waals surface area contributed by atoms with Crippen LogP contribution in [0.4, 0.5) is 40.7 Å². The lowest BCUT2D eigenvalue weighted by Crippen LogP contribution is -2.63. The van der Waals surface area contributed by atoms with E-state index in [1.807, 2.05) is 111 Å². The first-order chi connectivity index (χ1) is 62.7. The van der Waals surface area contributed by atoms with Crippen molar-refractivity contribution < 1.29 is 113 Å². The number of hydrogen-bond donors (Lipinski definition) is 13. The lowest BCUT2D eigenvalue weighted by molar-refractivity contribution is -0.148. The molecule has 9 rings (SSSR count). The van der Waals surface area contributed by atoms with Crippen molar-refractivity contribution in [2.45, 2.75) is 328 Å². The van der Waals surface area contributed by atoms with Crippen molar-refractivity contribution in [2.24, 2.45) is 109 Å². The number of amides is 18. The number of halogens is 6. The van der Waals surface area contributed by atoms with Gasteiger partial charge in [0.2, 0.25) is 70.5 Å². The van der Waals surface area contributed by atoms with Crippen molar-refractivity contribution in [2.75, 3.05) is 52.9 Å². The monoisotopic (exact) mass is 1950 g/mol. The lowest BCUT2D eigenvalue weighted by atomic mass is 9.84. The summed E-state index contributed by atoms with van der Waals surface area (Å²) in [6.45, 7) is 49.6. The summed E-state index contributed by atoms with van der Waals surface area (Å²) in [4.78, 5) is 244. The summed E-state index contributed by atoms with van der Waals surface area (Å²) < 4.78 is 78.4. The van der Waals surface area contributed by atoms with E-state index in [4.69, 9.17) is 11.5 Å². The fraction of sp³-hybridized carbons (Fsp3) is 0.789. The number of likely N-dealkylation sites (tertiary alicyclic amines) is 4. The van der Waals surface area contributed by atoms with Gasteiger partial charge in [0, 0.05) is 71.7 Å². The molecule has 0 aromatic carbocycles. The number of rotatable bonds is 37. The molecule has 137 heavy (non-hydrogen) atoms. The van der Waals surface area contributed by atoms with Crippen LogP contribution in [0.15, 0.2) is 12.7 Å². The zero-order chi connectivity index (χ0) is 104. The van der Waals surface area contributed by atoms with Gasteiger partial charge >= 0.3 is 30.4 Å².